The summed E-state index contributed by atoms with van der Waals surface area (Å²) in [5.74, 6) is -2.31. The highest BCUT2D eigenvalue weighted by atomic mass is 19.4. The third-order valence-corrected chi connectivity index (χ3v) is 7.44. The van der Waals surface area contributed by atoms with Crippen LogP contribution in [0.5, 0.6) is 5.75 Å². The number of hydrogen-bond acceptors (Lipinski definition) is 3. The van der Waals surface area contributed by atoms with E-state index in [-0.39, 0.29) is 24.0 Å². The van der Waals surface area contributed by atoms with Gasteiger partial charge in [-0.15, -0.1) is 0 Å². The van der Waals surface area contributed by atoms with Crippen LogP contribution in [0.25, 0.3) is 10.9 Å². The van der Waals surface area contributed by atoms with Gasteiger partial charge in [-0.25, -0.2) is 13.2 Å². The molecule has 2 atom stereocenters. The molecular weight excluding hydrogens is 527 g/mol. The van der Waals surface area contributed by atoms with E-state index in [1.165, 1.54) is 0 Å². The Kier molecular flexibility index (Phi) is 7.34. The van der Waals surface area contributed by atoms with Crippen LogP contribution in [0, 0.1) is 17.6 Å². The molecule has 1 saturated heterocycles. The zero-order valence-electron chi connectivity index (χ0n) is 21.6. The first-order valence-electron chi connectivity index (χ1n) is 12.9. The fraction of sp³-hybridized carbons (Fsp3) is 0.500. The zero-order chi connectivity index (χ0) is 28.1. The van der Waals surface area contributed by atoms with E-state index in [1.807, 2.05) is 4.90 Å². The van der Waals surface area contributed by atoms with Crippen molar-refractivity contribution in [2.45, 2.75) is 44.2 Å². The Hall–Kier alpha value is -2.79. The van der Waals surface area contributed by atoms with Gasteiger partial charge in [0.15, 0.2) is 0 Å². The molecule has 2 aliphatic rings. The molecule has 2 aliphatic heterocycles. The summed E-state index contributed by atoms with van der Waals surface area (Å²) in [5.41, 5.74) is -1.67. The van der Waals surface area contributed by atoms with Crippen molar-refractivity contribution in [3.05, 3.63) is 64.9 Å². The normalized spacial score (nSPS) is 21.3. The molecule has 0 amide bonds. The lowest BCUT2D eigenvalue weighted by atomic mass is 9.86. The largest absolute Gasteiger partial charge is 0.492 e. The van der Waals surface area contributed by atoms with Gasteiger partial charge >= 0.3 is 6.18 Å². The van der Waals surface area contributed by atoms with Gasteiger partial charge in [0, 0.05) is 66.4 Å². The number of fused-ring (bicyclic) bond motifs is 3. The third-order valence-electron chi connectivity index (χ3n) is 7.44. The topological polar surface area (TPSA) is 31.5 Å². The highest BCUT2D eigenvalue weighted by molar-refractivity contribution is 5.85. The molecule has 1 N–H and O–H groups in total. The molecule has 3 aromatic rings. The lowest BCUT2D eigenvalue weighted by molar-refractivity contribution is -0.195. The van der Waals surface area contributed by atoms with Crippen LogP contribution in [0.2, 0.25) is 0 Å². The molecule has 212 valence electrons. The third kappa shape index (κ3) is 5.61. The first-order valence-corrected chi connectivity index (χ1v) is 12.9. The number of aromatic nitrogens is 1. The number of benzene rings is 2. The maximum Gasteiger partial charge on any atom is 0.404 e. The summed E-state index contributed by atoms with van der Waals surface area (Å²) in [5, 5.41) is 0.521. The summed E-state index contributed by atoms with van der Waals surface area (Å²) in [4.78, 5) is 5.81. The minimum Gasteiger partial charge on any atom is -0.492 e. The SMILES string of the molecule is CC(C)(F)CN1C(c2c(F)cc(OCCN3CC(CF)C3)cc2F)c2[nH]c3ccccc3c2CC1C(F)(F)F. The van der Waals surface area contributed by atoms with E-state index in [9.17, 15) is 22.0 Å². The number of nitrogens with zero attached hydrogens (tertiary/aromatic N) is 2. The van der Waals surface area contributed by atoms with Crippen molar-refractivity contribution in [1.82, 2.24) is 14.8 Å². The van der Waals surface area contributed by atoms with Gasteiger partial charge in [0.2, 0.25) is 0 Å². The first kappa shape index (κ1) is 27.8. The van der Waals surface area contributed by atoms with Crippen LogP contribution < -0.4 is 4.74 Å². The Morgan fingerprint density at radius 2 is 1.69 bits per heavy atom. The number of alkyl halides is 5. The molecule has 0 aliphatic carbocycles. The van der Waals surface area contributed by atoms with Gasteiger partial charge in [0.1, 0.15) is 35.7 Å². The smallest absolute Gasteiger partial charge is 0.404 e. The van der Waals surface area contributed by atoms with Gasteiger partial charge in [-0.2, -0.15) is 13.2 Å². The van der Waals surface area contributed by atoms with E-state index in [4.69, 9.17) is 4.74 Å². The molecule has 3 heterocycles. The molecule has 0 saturated carbocycles. The molecule has 11 heteroatoms. The van der Waals surface area contributed by atoms with Gasteiger partial charge in [0.05, 0.1) is 12.7 Å². The van der Waals surface area contributed by atoms with Crippen molar-refractivity contribution in [1.29, 1.82) is 0 Å². The number of likely N-dealkylation sites (tertiary alicyclic amines) is 1. The number of rotatable bonds is 8. The number of ether oxygens (including phenoxy) is 1. The number of H-pyrrole nitrogens is 1. The molecule has 2 unspecified atom stereocenters. The number of hydrogen-bond donors (Lipinski definition) is 1. The van der Waals surface area contributed by atoms with E-state index < -0.39 is 60.8 Å². The second-order valence-corrected chi connectivity index (χ2v) is 11.0. The van der Waals surface area contributed by atoms with E-state index in [0.29, 0.717) is 36.1 Å². The van der Waals surface area contributed by atoms with Crippen LogP contribution in [0.4, 0.5) is 30.7 Å². The Labute approximate surface area is 221 Å². The summed E-state index contributed by atoms with van der Waals surface area (Å²) in [6.45, 7) is 2.87. The Morgan fingerprint density at radius 1 is 1.03 bits per heavy atom. The Bertz CT molecular complexity index is 1300. The second kappa shape index (κ2) is 10.3. The van der Waals surface area contributed by atoms with Crippen LogP contribution in [-0.2, 0) is 6.42 Å². The average Bonchev–Trinajstić information content (AvgIpc) is 3.17. The van der Waals surface area contributed by atoms with Crippen molar-refractivity contribution >= 4 is 10.9 Å². The number of para-hydroxylation sites is 1. The second-order valence-electron chi connectivity index (χ2n) is 11.0. The fourth-order valence-electron chi connectivity index (χ4n) is 5.74. The van der Waals surface area contributed by atoms with E-state index in [0.717, 1.165) is 30.9 Å². The van der Waals surface area contributed by atoms with Crippen LogP contribution >= 0.6 is 0 Å². The lowest BCUT2D eigenvalue weighted by Gasteiger charge is -2.44. The molecule has 0 bridgehead atoms. The number of halogens is 7. The number of aromatic amines is 1. The van der Waals surface area contributed by atoms with Crippen LogP contribution in [0.1, 0.15) is 36.7 Å². The van der Waals surface area contributed by atoms with Crippen molar-refractivity contribution in [3.8, 4) is 5.75 Å². The Balaban J connectivity index is 1.53. The first-order chi connectivity index (χ1) is 18.4. The highest BCUT2D eigenvalue weighted by Crippen LogP contribution is 2.47. The predicted octanol–water partition coefficient (Wildman–Crippen LogP) is 6.35. The van der Waals surface area contributed by atoms with Crippen LogP contribution in [0.15, 0.2) is 36.4 Å². The lowest BCUT2D eigenvalue weighted by Crippen LogP contribution is -2.55. The molecule has 0 spiro atoms. The fourth-order valence-corrected chi connectivity index (χ4v) is 5.74. The summed E-state index contributed by atoms with van der Waals surface area (Å²) < 4.78 is 108. The quantitative estimate of drug-likeness (QED) is 0.328. The average molecular weight is 558 g/mol. The van der Waals surface area contributed by atoms with E-state index in [2.05, 4.69) is 4.98 Å². The zero-order valence-corrected chi connectivity index (χ0v) is 21.6. The van der Waals surface area contributed by atoms with E-state index >= 15 is 8.78 Å². The van der Waals surface area contributed by atoms with Crippen LogP contribution in [-0.4, -0.2) is 72.1 Å². The standard InChI is InChI=1S/C28H30F7N3O/c1-27(2,32)15-38-23(28(33,34)35)11-19-18-5-3-4-6-22(18)36-25(19)26(38)24-20(30)9-17(10-21(24)31)39-8-7-37-13-16(12-29)14-37/h3-6,9-10,16,23,26,36H,7-8,11-15H2,1-2H3. The molecule has 5 rings (SSSR count). The van der Waals surface area contributed by atoms with Crippen molar-refractivity contribution < 1.29 is 35.5 Å². The van der Waals surface area contributed by atoms with Crippen LogP contribution in [0.3, 0.4) is 0 Å². The Morgan fingerprint density at radius 3 is 2.31 bits per heavy atom. The summed E-state index contributed by atoms with van der Waals surface area (Å²) >= 11 is 0. The molecule has 1 aromatic heterocycles. The minimum absolute atomic E-state index is 0.0121. The molecule has 1 fully saturated rings. The van der Waals surface area contributed by atoms with Crippen molar-refractivity contribution in [2.24, 2.45) is 5.92 Å². The molecule has 4 nitrogen and oxygen atoms in total. The highest BCUT2D eigenvalue weighted by Gasteiger charge is 2.52. The molecule has 2 aromatic carbocycles. The number of nitrogens with one attached hydrogen (secondary N) is 1. The maximum atomic E-state index is 15.6. The van der Waals surface area contributed by atoms with Gasteiger partial charge in [-0.1, -0.05) is 18.2 Å². The van der Waals surface area contributed by atoms with Crippen molar-refractivity contribution in [3.63, 3.8) is 0 Å². The van der Waals surface area contributed by atoms with Gasteiger partial charge in [0.25, 0.3) is 0 Å². The molecule has 0 radical (unpaired) electrons. The monoisotopic (exact) mass is 557 g/mol. The van der Waals surface area contributed by atoms with E-state index in [1.54, 1.807) is 24.3 Å². The van der Waals surface area contributed by atoms with Gasteiger partial charge in [-0.3, -0.25) is 14.2 Å². The van der Waals surface area contributed by atoms with Gasteiger partial charge < -0.3 is 9.72 Å². The minimum atomic E-state index is -4.78. The predicted molar refractivity (Wildman–Crippen MR) is 133 cm³/mol. The maximum absolute atomic E-state index is 15.6. The van der Waals surface area contributed by atoms with Crippen molar-refractivity contribution in [2.75, 3.05) is 39.5 Å². The van der Waals surface area contributed by atoms with Gasteiger partial charge in [-0.05, 0) is 31.9 Å². The molecule has 39 heavy (non-hydrogen) atoms. The summed E-state index contributed by atoms with van der Waals surface area (Å²) in [7, 11) is 0. The summed E-state index contributed by atoms with van der Waals surface area (Å²) in [6, 6.07) is 4.87. The summed E-state index contributed by atoms with van der Waals surface area (Å²) in [6.07, 6.45) is -5.27. The molecular formula is C28H30F7N3O.